The van der Waals surface area contributed by atoms with Crippen molar-refractivity contribution in [1.82, 2.24) is 0 Å². The van der Waals surface area contributed by atoms with Crippen LogP contribution in [0.1, 0.15) is 29.4 Å². The maximum Gasteiger partial charge on any atom is 0.101 e. The standard InChI is InChI=1S/C10H13NOS/c11-10(3-4-10)9-7-2-6-13-8(7)1-5-12-9/h2,6,9H,1,3-5,11H2. The summed E-state index contributed by atoms with van der Waals surface area (Å²) < 4.78 is 5.77. The fourth-order valence-electron chi connectivity index (χ4n) is 2.03. The Bertz CT molecular complexity index is 329. The van der Waals surface area contributed by atoms with E-state index in [1.54, 1.807) is 0 Å². The van der Waals surface area contributed by atoms with Crippen molar-refractivity contribution in [2.45, 2.75) is 30.9 Å². The van der Waals surface area contributed by atoms with Crippen LogP contribution in [0.2, 0.25) is 0 Å². The van der Waals surface area contributed by atoms with Crippen molar-refractivity contribution in [3.05, 3.63) is 21.9 Å². The molecule has 2 nitrogen and oxygen atoms in total. The molecule has 1 saturated carbocycles. The molecule has 0 bridgehead atoms. The van der Waals surface area contributed by atoms with Gasteiger partial charge in [0.1, 0.15) is 6.10 Å². The third-order valence-corrected chi connectivity index (χ3v) is 4.02. The summed E-state index contributed by atoms with van der Waals surface area (Å²) >= 11 is 1.84. The molecule has 2 heterocycles. The van der Waals surface area contributed by atoms with E-state index in [0.717, 1.165) is 25.9 Å². The summed E-state index contributed by atoms with van der Waals surface area (Å²) in [5.41, 5.74) is 7.50. The van der Waals surface area contributed by atoms with Gasteiger partial charge in [-0.25, -0.2) is 0 Å². The predicted molar refractivity (Wildman–Crippen MR) is 52.9 cm³/mol. The third kappa shape index (κ3) is 1.15. The Balaban J connectivity index is 2.00. The van der Waals surface area contributed by atoms with E-state index in [2.05, 4.69) is 11.4 Å². The molecule has 0 radical (unpaired) electrons. The summed E-state index contributed by atoms with van der Waals surface area (Å²) in [6.07, 6.45) is 3.49. The van der Waals surface area contributed by atoms with Gasteiger partial charge in [0.2, 0.25) is 0 Å². The molecule has 3 rings (SSSR count). The SMILES string of the molecule is NC1(C2OCCc3sccc32)CC1. The number of nitrogens with two attached hydrogens (primary N) is 1. The van der Waals surface area contributed by atoms with Gasteiger partial charge in [-0.2, -0.15) is 0 Å². The minimum Gasteiger partial charge on any atom is -0.371 e. The van der Waals surface area contributed by atoms with E-state index in [-0.39, 0.29) is 11.6 Å². The van der Waals surface area contributed by atoms with E-state index in [0.29, 0.717) is 0 Å². The molecule has 13 heavy (non-hydrogen) atoms. The lowest BCUT2D eigenvalue weighted by atomic mass is 9.98. The van der Waals surface area contributed by atoms with Gasteiger partial charge in [-0.3, -0.25) is 0 Å². The summed E-state index contributed by atoms with van der Waals surface area (Å²) in [6, 6.07) is 2.18. The minimum atomic E-state index is -0.0315. The largest absolute Gasteiger partial charge is 0.371 e. The molecular weight excluding hydrogens is 182 g/mol. The van der Waals surface area contributed by atoms with Gasteiger partial charge in [0.25, 0.3) is 0 Å². The summed E-state index contributed by atoms with van der Waals surface area (Å²) in [4.78, 5) is 1.48. The molecule has 70 valence electrons. The summed E-state index contributed by atoms with van der Waals surface area (Å²) in [5, 5.41) is 2.15. The fraction of sp³-hybridized carbons (Fsp3) is 0.600. The zero-order chi connectivity index (χ0) is 8.89. The highest BCUT2D eigenvalue weighted by molar-refractivity contribution is 7.10. The smallest absolute Gasteiger partial charge is 0.101 e. The van der Waals surface area contributed by atoms with Crippen LogP contribution in [0, 0.1) is 0 Å². The first-order valence-corrected chi connectivity index (χ1v) is 5.64. The Morgan fingerprint density at radius 3 is 3.15 bits per heavy atom. The molecule has 2 N–H and O–H groups in total. The highest BCUT2D eigenvalue weighted by Gasteiger charge is 2.49. The van der Waals surface area contributed by atoms with Crippen LogP contribution < -0.4 is 5.73 Å². The number of hydrogen-bond donors (Lipinski definition) is 1. The number of rotatable bonds is 1. The highest BCUT2D eigenvalue weighted by atomic mass is 32.1. The van der Waals surface area contributed by atoms with E-state index >= 15 is 0 Å². The zero-order valence-corrected chi connectivity index (χ0v) is 8.27. The Kier molecular flexibility index (Phi) is 1.57. The molecule has 1 unspecified atom stereocenters. The van der Waals surface area contributed by atoms with Crippen LogP contribution in [0.25, 0.3) is 0 Å². The molecule has 0 saturated heterocycles. The maximum atomic E-state index is 6.17. The summed E-state index contributed by atoms with van der Waals surface area (Å²) in [7, 11) is 0. The van der Waals surface area contributed by atoms with Gasteiger partial charge in [-0.1, -0.05) is 0 Å². The molecule has 1 aromatic rings. The van der Waals surface area contributed by atoms with Crippen molar-refractivity contribution in [2.75, 3.05) is 6.61 Å². The second kappa shape index (κ2) is 2.56. The minimum absolute atomic E-state index is 0.0315. The predicted octanol–water partition coefficient (Wildman–Crippen LogP) is 1.85. The van der Waals surface area contributed by atoms with E-state index in [1.807, 2.05) is 11.3 Å². The van der Waals surface area contributed by atoms with Gasteiger partial charge in [0.05, 0.1) is 6.61 Å². The molecule has 1 aromatic heterocycles. The molecule has 3 heteroatoms. The first-order valence-electron chi connectivity index (χ1n) is 4.76. The van der Waals surface area contributed by atoms with Crippen molar-refractivity contribution < 1.29 is 4.74 Å². The van der Waals surface area contributed by atoms with Gasteiger partial charge in [0, 0.05) is 16.8 Å². The first kappa shape index (κ1) is 7.97. The highest BCUT2D eigenvalue weighted by Crippen LogP contribution is 2.48. The number of ether oxygens (including phenoxy) is 1. The average molecular weight is 195 g/mol. The van der Waals surface area contributed by atoms with Crippen molar-refractivity contribution in [1.29, 1.82) is 0 Å². The Morgan fingerprint density at radius 1 is 1.54 bits per heavy atom. The Hall–Kier alpha value is -0.380. The summed E-state index contributed by atoms with van der Waals surface area (Å²) in [5.74, 6) is 0. The molecule has 1 fully saturated rings. The van der Waals surface area contributed by atoms with E-state index in [1.165, 1.54) is 10.4 Å². The maximum absolute atomic E-state index is 6.17. The molecule has 0 aromatic carbocycles. The molecule has 0 amide bonds. The van der Waals surface area contributed by atoms with E-state index in [4.69, 9.17) is 10.5 Å². The van der Waals surface area contributed by atoms with Crippen molar-refractivity contribution in [3.8, 4) is 0 Å². The van der Waals surface area contributed by atoms with Gasteiger partial charge in [-0.05, 0) is 29.9 Å². The molecule has 2 aliphatic rings. The van der Waals surface area contributed by atoms with Crippen LogP contribution in [-0.2, 0) is 11.2 Å². The van der Waals surface area contributed by atoms with E-state index < -0.39 is 0 Å². The van der Waals surface area contributed by atoms with Crippen molar-refractivity contribution in [2.24, 2.45) is 5.73 Å². The number of fused-ring (bicyclic) bond motifs is 1. The second-order valence-electron chi connectivity index (χ2n) is 4.03. The normalized spacial score (nSPS) is 29.8. The molecule has 1 aliphatic carbocycles. The van der Waals surface area contributed by atoms with Crippen LogP contribution in [0.3, 0.4) is 0 Å². The van der Waals surface area contributed by atoms with Crippen molar-refractivity contribution in [3.63, 3.8) is 0 Å². The number of hydrogen-bond acceptors (Lipinski definition) is 3. The van der Waals surface area contributed by atoms with Crippen LogP contribution in [0.5, 0.6) is 0 Å². The quantitative estimate of drug-likeness (QED) is 0.742. The molecule has 1 aliphatic heterocycles. The lowest BCUT2D eigenvalue weighted by Crippen LogP contribution is -2.35. The van der Waals surface area contributed by atoms with Crippen LogP contribution in [-0.4, -0.2) is 12.1 Å². The third-order valence-electron chi connectivity index (χ3n) is 3.03. The monoisotopic (exact) mass is 195 g/mol. The second-order valence-corrected chi connectivity index (χ2v) is 5.03. The average Bonchev–Trinajstić information content (AvgIpc) is 2.72. The molecule has 0 spiro atoms. The fourth-order valence-corrected chi connectivity index (χ4v) is 2.92. The van der Waals surface area contributed by atoms with E-state index in [9.17, 15) is 0 Å². The lowest BCUT2D eigenvalue weighted by Gasteiger charge is -2.28. The number of thiophene rings is 1. The van der Waals surface area contributed by atoms with Gasteiger partial charge >= 0.3 is 0 Å². The first-order chi connectivity index (χ1) is 6.30. The Labute approximate surface area is 81.7 Å². The van der Waals surface area contributed by atoms with Crippen LogP contribution in [0.15, 0.2) is 11.4 Å². The van der Waals surface area contributed by atoms with Gasteiger partial charge < -0.3 is 10.5 Å². The lowest BCUT2D eigenvalue weighted by molar-refractivity contribution is 0.0187. The van der Waals surface area contributed by atoms with Gasteiger partial charge in [0.15, 0.2) is 0 Å². The topological polar surface area (TPSA) is 35.2 Å². The van der Waals surface area contributed by atoms with Gasteiger partial charge in [-0.15, -0.1) is 11.3 Å². The van der Waals surface area contributed by atoms with Crippen LogP contribution in [0.4, 0.5) is 0 Å². The molecular formula is C10H13NOS. The van der Waals surface area contributed by atoms with Crippen molar-refractivity contribution >= 4 is 11.3 Å². The Morgan fingerprint density at radius 2 is 2.38 bits per heavy atom. The van der Waals surface area contributed by atoms with Crippen LogP contribution >= 0.6 is 11.3 Å². The molecule has 1 atom stereocenters. The zero-order valence-electron chi connectivity index (χ0n) is 7.45. The summed E-state index contributed by atoms with van der Waals surface area (Å²) in [6.45, 7) is 0.844.